The summed E-state index contributed by atoms with van der Waals surface area (Å²) < 4.78 is 2.95. The first kappa shape index (κ1) is 12.8. The lowest BCUT2D eigenvalue weighted by atomic mass is 9.78. The maximum Gasteiger partial charge on any atom is 0.235 e. The Morgan fingerprint density at radius 2 is 1.30 bits per heavy atom. The van der Waals surface area contributed by atoms with Crippen molar-refractivity contribution < 1.29 is 9.59 Å². The number of carbonyl (C=O) groups excluding carboxylic acids is 2. The summed E-state index contributed by atoms with van der Waals surface area (Å²) in [6, 6.07) is 0. The number of rotatable bonds is 2. The third-order valence-corrected chi connectivity index (χ3v) is 3.92. The summed E-state index contributed by atoms with van der Waals surface area (Å²) >= 11 is 0. The van der Waals surface area contributed by atoms with Gasteiger partial charge in [-0.1, -0.05) is 12.8 Å². The first-order valence-electron chi connectivity index (χ1n) is 6.81. The normalized spacial score (nSPS) is 22.6. The third kappa shape index (κ3) is 2.29. The maximum absolute atomic E-state index is 12.5. The van der Waals surface area contributed by atoms with E-state index in [2.05, 4.69) is 9.97 Å². The number of nitrogens with zero attached hydrogens (tertiary/aromatic N) is 4. The van der Waals surface area contributed by atoms with Gasteiger partial charge in [0.05, 0.1) is 11.8 Å². The number of hydrogen-bond acceptors (Lipinski definition) is 4. The van der Waals surface area contributed by atoms with Crippen molar-refractivity contribution in [2.45, 2.75) is 25.7 Å². The van der Waals surface area contributed by atoms with Gasteiger partial charge in [0, 0.05) is 24.8 Å². The molecule has 2 aromatic heterocycles. The van der Waals surface area contributed by atoms with Crippen molar-refractivity contribution in [2.75, 3.05) is 0 Å². The molecule has 0 aliphatic heterocycles. The molecule has 1 saturated carbocycles. The summed E-state index contributed by atoms with van der Waals surface area (Å²) in [6.07, 6.45) is 12.9. The fraction of sp³-hybridized carbons (Fsp3) is 0.429. The van der Waals surface area contributed by atoms with Gasteiger partial charge in [0.15, 0.2) is 0 Å². The maximum atomic E-state index is 12.5. The van der Waals surface area contributed by atoms with Crippen LogP contribution in [-0.4, -0.2) is 30.9 Å². The lowest BCUT2D eigenvalue weighted by molar-refractivity contribution is 0.0606. The predicted molar refractivity (Wildman–Crippen MR) is 71.2 cm³/mol. The van der Waals surface area contributed by atoms with E-state index in [0.29, 0.717) is 0 Å². The molecule has 0 radical (unpaired) electrons. The van der Waals surface area contributed by atoms with Gasteiger partial charge in [-0.05, 0) is 12.8 Å². The van der Waals surface area contributed by atoms with Gasteiger partial charge in [0.2, 0.25) is 11.8 Å². The van der Waals surface area contributed by atoms with Crippen molar-refractivity contribution in [3.05, 3.63) is 37.4 Å². The molecule has 2 heterocycles. The molecule has 0 spiro atoms. The van der Waals surface area contributed by atoms with Crippen molar-refractivity contribution >= 4 is 11.8 Å². The molecule has 0 saturated heterocycles. The van der Waals surface area contributed by atoms with Gasteiger partial charge in [-0.25, -0.2) is 9.97 Å². The first-order chi connectivity index (χ1) is 9.77. The van der Waals surface area contributed by atoms with Gasteiger partial charge >= 0.3 is 0 Å². The van der Waals surface area contributed by atoms with Gasteiger partial charge in [-0.15, -0.1) is 0 Å². The van der Waals surface area contributed by atoms with Crippen molar-refractivity contribution in [1.82, 2.24) is 19.1 Å². The molecular formula is C14H16N4O2. The van der Waals surface area contributed by atoms with Gasteiger partial charge in [-0.2, -0.15) is 0 Å². The van der Waals surface area contributed by atoms with E-state index in [-0.39, 0.29) is 23.7 Å². The fourth-order valence-corrected chi connectivity index (χ4v) is 2.88. The monoisotopic (exact) mass is 272 g/mol. The van der Waals surface area contributed by atoms with E-state index in [0.717, 1.165) is 25.7 Å². The quantitative estimate of drug-likeness (QED) is 0.836. The van der Waals surface area contributed by atoms with E-state index in [4.69, 9.17) is 0 Å². The van der Waals surface area contributed by atoms with Crippen LogP contribution in [0.3, 0.4) is 0 Å². The SMILES string of the molecule is O=C([C@@H]1CCCC[C@H]1C(=O)n1ccnc1)n1ccnc1. The Balaban J connectivity index is 1.84. The number of hydrogen-bond donors (Lipinski definition) is 0. The second-order valence-electron chi connectivity index (χ2n) is 5.11. The van der Waals surface area contributed by atoms with E-state index in [9.17, 15) is 9.59 Å². The number of aromatic nitrogens is 4. The lowest BCUT2D eigenvalue weighted by Gasteiger charge is -2.29. The Morgan fingerprint density at radius 3 is 1.65 bits per heavy atom. The van der Waals surface area contributed by atoms with E-state index in [1.54, 1.807) is 24.8 Å². The Morgan fingerprint density at radius 1 is 0.850 bits per heavy atom. The average Bonchev–Trinajstić information content (AvgIpc) is 3.18. The third-order valence-electron chi connectivity index (χ3n) is 3.92. The summed E-state index contributed by atoms with van der Waals surface area (Å²) in [5.74, 6) is -0.623. The van der Waals surface area contributed by atoms with Crippen LogP contribution in [0.4, 0.5) is 0 Å². The summed E-state index contributed by atoms with van der Waals surface area (Å²) in [5, 5.41) is 0. The second-order valence-corrected chi connectivity index (χ2v) is 5.11. The minimum atomic E-state index is -0.271. The van der Waals surface area contributed by atoms with Gasteiger partial charge < -0.3 is 0 Å². The summed E-state index contributed by atoms with van der Waals surface area (Å²) in [7, 11) is 0. The summed E-state index contributed by atoms with van der Waals surface area (Å²) in [5.41, 5.74) is 0. The second kappa shape index (κ2) is 5.40. The van der Waals surface area contributed by atoms with E-state index in [1.165, 1.54) is 21.8 Å². The Kier molecular flexibility index (Phi) is 3.45. The molecule has 0 aromatic carbocycles. The van der Waals surface area contributed by atoms with Crippen molar-refractivity contribution in [2.24, 2.45) is 11.8 Å². The molecule has 20 heavy (non-hydrogen) atoms. The Bertz CT molecular complexity index is 534. The average molecular weight is 272 g/mol. The van der Waals surface area contributed by atoms with Crippen LogP contribution in [0.1, 0.15) is 35.3 Å². The zero-order chi connectivity index (χ0) is 13.9. The molecular weight excluding hydrogens is 256 g/mol. The summed E-state index contributed by atoms with van der Waals surface area (Å²) in [6.45, 7) is 0. The smallest absolute Gasteiger partial charge is 0.235 e. The molecule has 0 unspecified atom stereocenters. The van der Waals surface area contributed by atoms with Crippen molar-refractivity contribution in [3.63, 3.8) is 0 Å². The largest absolute Gasteiger partial charge is 0.276 e. The molecule has 6 nitrogen and oxygen atoms in total. The van der Waals surface area contributed by atoms with Crippen LogP contribution in [0.2, 0.25) is 0 Å². The molecule has 1 fully saturated rings. The van der Waals surface area contributed by atoms with Crippen LogP contribution in [-0.2, 0) is 0 Å². The van der Waals surface area contributed by atoms with E-state index < -0.39 is 0 Å². The minimum Gasteiger partial charge on any atom is -0.276 e. The van der Waals surface area contributed by atoms with Crippen LogP contribution in [0.5, 0.6) is 0 Å². The highest BCUT2D eigenvalue weighted by molar-refractivity contribution is 5.90. The van der Waals surface area contributed by atoms with E-state index >= 15 is 0 Å². The number of carbonyl (C=O) groups is 2. The molecule has 0 N–H and O–H groups in total. The van der Waals surface area contributed by atoms with Crippen LogP contribution in [0.25, 0.3) is 0 Å². The van der Waals surface area contributed by atoms with Gasteiger partial charge in [0.25, 0.3) is 0 Å². The molecule has 6 heteroatoms. The van der Waals surface area contributed by atoms with Gasteiger partial charge in [-0.3, -0.25) is 18.7 Å². The van der Waals surface area contributed by atoms with Crippen LogP contribution < -0.4 is 0 Å². The molecule has 1 aliphatic rings. The van der Waals surface area contributed by atoms with Crippen molar-refractivity contribution in [1.29, 1.82) is 0 Å². The topological polar surface area (TPSA) is 69.8 Å². The van der Waals surface area contributed by atoms with Crippen LogP contribution in [0, 0.1) is 11.8 Å². The molecule has 0 bridgehead atoms. The molecule has 2 atom stereocenters. The standard InChI is InChI=1S/C14H16N4O2/c19-13(17-7-5-15-9-17)11-3-1-2-4-12(11)14(20)18-8-6-16-10-18/h5-12H,1-4H2/t11-,12-/m1/s1. The summed E-state index contributed by atoms with van der Waals surface area (Å²) in [4.78, 5) is 32.8. The highest BCUT2D eigenvalue weighted by Crippen LogP contribution is 2.32. The highest BCUT2D eigenvalue weighted by Gasteiger charge is 2.36. The molecule has 104 valence electrons. The molecule has 1 aliphatic carbocycles. The van der Waals surface area contributed by atoms with Crippen LogP contribution in [0.15, 0.2) is 37.4 Å². The number of imidazole rings is 2. The van der Waals surface area contributed by atoms with E-state index in [1.807, 2.05) is 0 Å². The van der Waals surface area contributed by atoms with Crippen molar-refractivity contribution in [3.8, 4) is 0 Å². The Labute approximate surface area is 116 Å². The lowest BCUT2D eigenvalue weighted by Crippen LogP contribution is -2.37. The Hall–Kier alpha value is -2.24. The highest BCUT2D eigenvalue weighted by atomic mass is 16.2. The van der Waals surface area contributed by atoms with Gasteiger partial charge in [0.1, 0.15) is 12.7 Å². The minimum absolute atomic E-state index is 0.0411. The fourth-order valence-electron chi connectivity index (χ4n) is 2.88. The molecule has 0 amide bonds. The zero-order valence-corrected chi connectivity index (χ0v) is 11.1. The molecule has 2 aromatic rings. The predicted octanol–water partition coefficient (Wildman–Crippen LogP) is 1.87. The zero-order valence-electron chi connectivity index (χ0n) is 11.1. The van der Waals surface area contributed by atoms with Crippen LogP contribution >= 0.6 is 0 Å². The molecule has 3 rings (SSSR count). The first-order valence-corrected chi connectivity index (χ1v) is 6.81.